The van der Waals surface area contributed by atoms with E-state index in [0.717, 1.165) is 25.7 Å². The fourth-order valence-electron chi connectivity index (χ4n) is 1.78. The van der Waals surface area contributed by atoms with E-state index < -0.39 is 0 Å². The summed E-state index contributed by atoms with van der Waals surface area (Å²) in [5.41, 5.74) is 0. The molecule has 0 aromatic carbocycles. The number of hydrogen-bond donors (Lipinski definition) is 0. The van der Waals surface area contributed by atoms with Crippen LogP contribution in [0, 0.1) is 0 Å². The highest BCUT2D eigenvalue weighted by Crippen LogP contribution is 2.08. The first-order valence-corrected chi connectivity index (χ1v) is 8.17. The molecule has 0 aliphatic rings. The number of methoxy groups -OCH3 is 1. The zero-order chi connectivity index (χ0) is 16.3. The number of unbranched alkanes of at least 4 members (excludes halogenated alkanes) is 5. The predicted molar refractivity (Wildman–Crippen MR) is 92.3 cm³/mol. The summed E-state index contributed by atoms with van der Waals surface area (Å²) in [6.07, 6.45) is 23.6. The number of esters is 1. The Morgan fingerprint density at radius 1 is 0.864 bits per heavy atom. The van der Waals surface area contributed by atoms with E-state index in [4.69, 9.17) is 4.74 Å². The molecule has 0 rings (SSSR count). The summed E-state index contributed by atoms with van der Waals surface area (Å²) < 4.78 is 9.78. The van der Waals surface area contributed by atoms with Crippen LogP contribution in [0.15, 0.2) is 49.0 Å². The summed E-state index contributed by atoms with van der Waals surface area (Å²) in [7, 11) is 1.44. The highest BCUT2D eigenvalue weighted by atomic mass is 16.5. The van der Waals surface area contributed by atoms with E-state index in [-0.39, 0.29) is 5.97 Å². The van der Waals surface area contributed by atoms with E-state index in [1.807, 2.05) is 24.3 Å². The molecule has 22 heavy (non-hydrogen) atoms. The van der Waals surface area contributed by atoms with Crippen LogP contribution in [0.3, 0.4) is 0 Å². The van der Waals surface area contributed by atoms with E-state index >= 15 is 0 Å². The molecule has 0 aromatic rings. The van der Waals surface area contributed by atoms with Crippen LogP contribution in [0.2, 0.25) is 0 Å². The third kappa shape index (κ3) is 16.3. The fourth-order valence-corrected chi connectivity index (χ4v) is 1.78. The molecular weight excluding hydrogens is 276 g/mol. The first-order chi connectivity index (χ1) is 10.8. The molecule has 0 amide bonds. The standard InChI is InChI=1S/C19H30O3/c1-3-4-5-14-17-22-18-15-12-10-8-6-7-9-11-13-16-19(20)21-2/h4-5,10,12,14-15,17-18H,3,6-9,11,13,16H2,1-2H3/b5-4-,12-10-,17-14-,18-15+. The first-order valence-electron chi connectivity index (χ1n) is 8.17. The van der Waals surface area contributed by atoms with Crippen LogP contribution >= 0.6 is 0 Å². The zero-order valence-electron chi connectivity index (χ0n) is 14.0. The van der Waals surface area contributed by atoms with Crippen molar-refractivity contribution in [1.29, 1.82) is 0 Å². The van der Waals surface area contributed by atoms with E-state index in [0.29, 0.717) is 6.42 Å². The predicted octanol–water partition coefficient (Wildman–Crippen LogP) is 5.46. The van der Waals surface area contributed by atoms with Crippen LogP contribution in [-0.2, 0) is 14.3 Å². The number of rotatable bonds is 13. The van der Waals surface area contributed by atoms with Crippen LogP contribution in [-0.4, -0.2) is 13.1 Å². The summed E-state index contributed by atoms with van der Waals surface area (Å²) in [5.74, 6) is -0.104. The summed E-state index contributed by atoms with van der Waals surface area (Å²) in [6.45, 7) is 2.10. The number of allylic oxidation sites excluding steroid dienone is 6. The van der Waals surface area contributed by atoms with Gasteiger partial charge < -0.3 is 9.47 Å². The van der Waals surface area contributed by atoms with Crippen molar-refractivity contribution >= 4 is 5.97 Å². The molecule has 0 atom stereocenters. The second-order valence-corrected chi connectivity index (χ2v) is 4.94. The molecule has 3 nitrogen and oxygen atoms in total. The molecule has 0 aliphatic carbocycles. The first kappa shape index (κ1) is 20.2. The van der Waals surface area contributed by atoms with Crippen LogP contribution in [0.1, 0.15) is 58.3 Å². The van der Waals surface area contributed by atoms with Gasteiger partial charge in [0, 0.05) is 6.42 Å². The SMILES string of the molecule is CC/C=C\C=C/O/C=C/C=C\CCCCCCCC(=O)OC. The van der Waals surface area contributed by atoms with Crippen molar-refractivity contribution in [3.8, 4) is 0 Å². The Hall–Kier alpha value is -1.77. The number of carbonyl (C=O) groups excluding carboxylic acids is 1. The second kappa shape index (κ2) is 17.3. The highest BCUT2D eigenvalue weighted by Gasteiger charge is 1.98. The van der Waals surface area contributed by atoms with Gasteiger partial charge in [0.05, 0.1) is 19.6 Å². The minimum absolute atomic E-state index is 0.104. The minimum Gasteiger partial charge on any atom is -0.473 e. The monoisotopic (exact) mass is 306 g/mol. The van der Waals surface area contributed by atoms with E-state index in [2.05, 4.69) is 23.8 Å². The number of ether oxygens (including phenoxy) is 2. The largest absolute Gasteiger partial charge is 0.473 e. The van der Waals surface area contributed by atoms with Crippen molar-refractivity contribution in [2.45, 2.75) is 58.3 Å². The Labute approximate surface area is 135 Å². The smallest absolute Gasteiger partial charge is 0.305 e. The van der Waals surface area contributed by atoms with Crippen molar-refractivity contribution in [3.63, 3.8) is 0 Å². The second-order valence-electron chi connectivity index (χ2n) is 4.94. The molecule has 0 spiro atoms. The Bertz CT molecular complexity index is 365. The third-order valence-corrected chi connectivity index (χ3v) is 3.02. The van der Waals surface area contributed by atoms with Crippen molar-refractivity contribution in [2.75, 3.05) is 7.11 Å². The highest BCUT2D eigenvalue weighted by molar-refractivity contribution is 5.68. The lowest BCUT2D eigenvalue weighted by Crippen LogP contribution is -1.98. The molecule has 0 aliphatic heterocycles. The molecule has 0 saturated heterocycles. The molecule has 0 aromatic heterocycles. The zero-order valence-corrected chi connectivity index (χ0v) is 14.0. The number of carbonyl (C=O) groups is 1. The Kier molecular flexibility index (Phi) is 15.9. The lowest BCUT2D eigenvalue weighted by Gasteiger charge is -1.99. The molecule has 0 fully saturated rings. The van der Waals surface area contributed by atoms with Crippen molar-refractivity contribution in [2.24, 2.45) is 0 Å². The van der Waals surface area contributed by atoms with Gasteiger partial charge in [-0.3, -0.25) is 4.79 Å². The normalized spacial score (nSPS) is 12.1. The van der Waals surface area contributed by atoms with Gasteiger partial charge in [-0.2, -0.15) is 0 Å². The molecule has 0 bridgehead atoms. The van der Waals surface area contributed by atoms with Gasteiger partial charge in [-0.05, 0) is 37.8 Å². The van der Waals surface area contributed by atoms with Gasteiger partial charge >= 0.3 is 5.97 Å². The van der Waals surface area contributed by atoms with Gasteiger partial charge in [-0.15, -0.1) is 0 Å². The molecule has 0 heterocycles. The van der Waals surface area contributed by atoms with E-state index in [1.54, 1.807) is 12.5 Å². The van der Waals surface area contributed by atoms with Crippen LogP contribution in [0.4, 0.5) is 0 Å². The van der Waals surface area contributed by atoms with Crippen LogP contribution in [0.5, 0.6) is 0 Å². The summed E-state index contributed by atoms with van der Waals surface area (Å²) in [4.78, 5) is 10.9. The average Bonchev–Trinajstić information content (AvgIpc) is 2.54. The topological polar surface area (TPSA) is 35.5 Å². The number of hydrogen-bond acceptors (Lipinski definition) is 3. The summed E-state index contributed by atoms with van der Waals surface area (Å²) in [5, 5.41) is 0. The maximum absolute atomic E-state index is 10.9. The van der Waals surface area contributed by atoms with Gasteiger partial charge in [0.1, 0.15) is 0 Å². The molecule has 3 heteroatoms. The molecular formula is C19H30O3. The van der Waals surface area contributed by atoms with Crippen LogP contribution in [0.25, 0.3) is 0 Å². The molecule has 124 valence electrons. The maximum Gasteiger partial charge on any atom is 0.305 e. The Morgan fingerprint density at radius 2 is 1.50 bits per heavy atom. The van der Waals surface area contributed by atoms with Crippen molar-refractivity contribution in [3.05, 3.63) is 49.0 Å². The Morgan fingerprint density at radius 3 is 2.18 bits per heavy atom. The van der Waals surface area contributed by atoms with E-state index in [1.165, 1.54) is 26.4 Å². The van der Waals surface area contributed by atoms with Gasteiger partial charge in [0.15, 0.2) is 0 Å². The van der Waals surface area contributed by atoms with Crippen LogP contribution < -0.4 is 0 Å². The van der Waals surface area contributed by atoms with Gasteiger partial charge in [-0.25, -0.2) is 0 Å². The maximum atomic E-state index is 10.9. The average molecular weight is 306 g/mol. The lowest BCUT2D eigenvalue weighted by atomic mass is 10.1. The molecule has 0 N–H and O–H groups in total. The van der Waals surface area contributed by atoms with Crippen molar-refractivity contribution in [1.82, 2.24) is 0 Å². The molecule has 0 radical (unpaired) electrons. The summed E-state index contributed by atoms with van der Waals surface area (Å²) in [6, 6.07) is 0. The lowest BCUT2D eigenvalue weighted by molar-refractivity contribution is -0.140. The van der Waals surface area contributed by atoms with Gasteiger partial charge in [-0.1, -0.05) is 50.5 Å². The van der Waals surface area contributed by atoms with Crippen molar-refractivity contribution < 1.29 is 14.3 Å². The molecule has 0 unspecified atom stereocenters. The van der Waals surface area contributed by atoms with E-state index in [9.17, 15) is 4.79 Å². The third-order valence-electron chi connectivity index (χ3n) is 3.02. The van der Waals surface area contributed by atoms with Gasteiger partial charge in [0.2, 0.25) is 0 Å². The summed E-state index contributed by atoms with van der Waals surface area (Å²) >= 11 is 0. The molecule has 0 saturated carbocycles. The Balaban J connectivity index is 3.35. The quantitative estimate of drug-likeness (QED) is 0.196. The minimum atomic E-state index is -0.104. The fraction of sp³-hybridized carbons (Fsp3) is 0.526. The van der Waals surface area contributed by atoms with Gasteiger partial charge in [0.25, 0.3) is 0 Å².